The molecule has 8 nitrogen and oxygen atoms in total. The Hall–Kier alpha value is -4.04. The Morgan fingerprint density at radius 3 is 1.84 bits per heavy atom. The van der Waals surface area contributed by atoms with Gasteiger partial charge in [-0.1, -0.05) is 54.6 Å². The van der Waals surface area contributed by atoms with Crippen molar-refractivity contribution in [2.75, 3.05) is 46.9 Å². The Bertz CT molecular complexity index is 1150. The van der Waals surface area contributed by atoms with Crippen LogP contribution in [0, 0.1) is 0 Å². The van der Waals surface area contributed by atoms with Gasteiger partial charge < -0.3 is 24.0 Å². The van der Waals surface area contributed by atoms with Gasteiger partial charge in [-0.05, 0) is 41.0 Å². The predicted octanol–water partition coefficient (Wildman–Crippen LogP) is 4.19. The molecule has 0 saturated carbocycles. The van der Waals surface area contributed by atoms with Crippen LogP contribution in [0.3, 0.4) is 0 Å². The van der Waals surface area contributed by atoms with Gasteiger partial charge in [0.25, 0.3) is 0 Å². The van der Waals surface area contributed by atoms with Gasteiger partial charge >= 0.3 is 6.09 Å². The molecule has 1 fully saturated rings. The molecule has 1 aliphatic heterocycles. The van der Waals surface area contributed by atoms with Crippen molar-refractivity contribution in [3.05, 3.63) is 95.6 Å². The highest BCUT2D eigenvalue weighted by molar-refractivity contribution is 5.78. The minimum Gasteiger partial charge on any atom is -0.497 e. The van der Waals surface area contributed by atoms with Crippen molar-refractivity contribution in [1.82, 2.24) is 14.7 Å². The molecule has 0 spiro atoms. The van der Waals surface area contributed by atoms with Crippen LogP contribution in [0.15, 0.2) is 78.9 Å². The van der Waals surface area contributed by atoms with Crippen LogP contribution in [-0.4, -0.2) is 73.6 Å². The summed E-state index contributed by atoms with van der Waals surface area (Å²) in [5.74, 6) is 1.54. The summed E-state index contributed by atoms with van der Waals surface area (Å²) in [7, 11) is 3.27. The zero-order chi connectivity index (χ0) is 26.7. The van der Waals surface area contributed by atoms with Crippen LogP contribution >= 0.6 is 0 Å². The van der Waals surface area contributed by atoms with Crippen LogP contribution in [-0.2, 0) is 29.2 Å². The standard InChI is InChI=1S/C30H35N3O5/c1-36-27-12-6-10-25(18-27)20-33(21-26-11-7-13-28(19-26)37-2)29(34)22-31-14-16-32(17-15-31)30(35)38-23-24-8-4-3-5-9-24/h3-13,18-19H,14-17,20-23H2,1-2H3. The van der Waals surface area contributed by atoms with Crippen molar-refractivity contribution in [3.63, 3.8) is 0 Å². The van der Waals surface area contributed by atoms with Gasteiger partial charge in [0.2, 0.25) is 5.91 Å². The average molecular weight is 518 g/mol. The highest BCUT2D eigenvalue weighted by atomic mass is 16.6. The van der Waals surface area contributed by atoms with Crippen LogP contribution in [0.2, 0.25) is 0 Å². The maximum Gasteiger partial charge on any atom is 0.410 e. The van der Waals surface area contributed by atoms with E-state index in [4.69, 9.17) is 14.2 Å². The van der Waals surface area contributed by atoms with E-state index in [1.165, 1.54) is 0 Å². The van der Waals surface area contributed by atoms with E-state index in [0.717, 1.165) is 28.2 Å². The molecule has 38 heavy (non-hydrogen) atoms. The quantitative estimate of drug-likeness (QED) is 0.402. The van der Waals surface area contributed by atoms with Gasteiger partial charge in [-0.2, -0.15) is 0 Å². The van der Waals surface area contributed by atoms with E-state index in [2.05, 4.69) is 4.90 Å². The van der Waals surface area contributed by atoms with Crippen LogP contribution in [0.4, 0.5) is 4.79 Å². The molecule has 4 rings (SSSR count). The molecule has 0 radical (unpaired) electrons. The average Bonchev–Trinajstić information content (AvgIpc) is 2.96. The third-order valence-electron chi connectivity index (χ3n) is 6.56. The fourth-order valence-electron chi connectivity index (χ4n) is 4.41. The number of methoxy groups -OCH3 is 2. The molecule has 0 atom stereocenters. The van der Waals surface area contributed by atoms with Gasteiger partial charge in [-0.3, -0.25) is 9.69 Å². The van der Waals surface area contributed by atoms with Crippen molar-refractivity contribution < 1.29 is 23.8 Å². The Labute approximate surface area is 224 Å². The first-order valence-electron chi connectivity index (χ1n) is 12.8. The molecule has 3 aromatic carbocycles. The Kier molecular flexibility index (Phi) is 9.59. The van der Waals surface area contributed by atoms with E-state index in [0.29, 0.717) is 39.3 Å². The van der Waals surface area contributed by atoms with Crippen molar-refractivity contribution in [2.45, 2.75) is 19.7 Å². The van der Waals surface area contributed by atoms with Gasteiger partial charge in [-0.15, -0.1) is 0 Å². The van der Waals surface area contributed by atoms with E-state index < -0.39 is 0 Å². The first-order valence-corrected chi connectivity index (χ1v) is 12.8. The Morgan fingerprint density at radius 1 is 0.737 bits per heavy atom. The number of piperazine rings is 1. The highest BCUT2D eigenvalue weighted by Crippen LogP contribution is 2.19. The van der Waals surface area contributed by atoms with Crippen molar-refractivity contribution in [1.29, 1.82) is 0 Å². The summed E-state index contributed by atoms with van der Waals surface area (Å²) in [4.78, 5) is 31.7. The zero-order valence-corrected chi connectivity index (χ0v) is 22.0. The molecule has 0 aromatic heterocycles. The maximum absolute atomic E-state index is 13.5. The smallest absolute Gasteiger partial charge is 0.410 e. The zero-order valence-electron chi connectivity index (χ0n) is 22.0. The van der Waals surface area contributed by atoms with E-state index >= 15 is 0 Å². The van der Waals surface area contributed by atoms with Gasteiger partial charge in [0.15, 0.2) is 0 Å². The fourth-order valence-corrected chi connectivity index (χ4v) is 4.41. The molecule has 0 bridgehead atoms. The number of carbonyl (C=O) groups excluding carboxylic acids is 2. The second kappa shape index (κ2) is 13.5. The molecule has 0 N–H and O–H groups in total. The molecule has 8 heteroatoms. The summed E-state index contributed by atoms with van der Waals surface area (Å²) in [5, 5.41) is 0. The molecule has 1 saturated heterocycles. The largest absolute Gasteiger partial charge is 0.497 e. The molecule has 1 heterocycles. The monoisotopic (exact) mass is 517 g/mol. The topological polar surface area (TPSA) is 71.6 Å². The molecule has 0 unspecified atom stereocenters. The summed E-state index contributed by atoms with van der Waals surface area (Å²) < 4.78 is 16.2. The second-order valence-electron chi connectivity index (χ2n) is 9.26. The summed E-state index contributed by atoms with van der Waals surface area (Å²) in [6, 6.07) is 25.2. The van der Waals surface area contributed by atoms with Crippen LogP contribution < -0.4 is 9.47 Å². The summed E-state index contributed by atoms with van der Waals surface area (Å²) in [6.45, 7) is 3.71. The molecular weight excluding hydrogens is 482 g/mol. The van der Waals surface area contributed by atoms with Crippen molar-refractivity contribution in [3.8, 4) is 11.5 Å². The molecule has 3 aromatic rings. The molecule has 1 aliphatic rings. The summed E-state index contributed by atoms with van der Waals surface area (Å²) in [5.41, 5.74) is 2.94. The number of hydrogen-bond acceptors (Lipinski definition) is 6. The summed E-state index contributed by atoms with van der Waals surface area (Å²) in [6.07, 6.45) is -0.322. The fraction of sp³-hybridized carbons (Fsp3) is 0.333. The maximum atomic E-state index is 13.5. The van der Waals surface area contributed by atoms with E-state index in [-0.39, 0.29) is 25.2 Å². The van der Waals surface area contributed by atoms with Crippen LogP contribution in [0.25, 0.3) is 0 Å². The molecule has 200 valence electrons. The number of carbonyl (C=O) groups is 2. The normalized spacial score (nSPS) is 13.6. The number of nitrogens with zero attached hydrogens (tertiary/aromatic N) is 3. The number of rotatable bonds is 10. The van der Waals surface area contributed by atoms with Gasteiger partial charge in [0.05, 0.1) is 20.8 Å². The van der Waals surface area contributed by atoms with Crippen LogP contribution in [0.1, 0.15) is 16.7 Å². The lowest BCUT2D eigenvalue weighted by Crippen LogP contribution is -2.51. The van der Waals surface area contributed by atoms with E-state index in [1.54, 1.807) is 19.1 Å². The predicted molar refractivity (Wildman–Crippen MR) is 145 cm³/mol. The first-order chi connectivity index (χ1) is 18.5. The number of hydrogen-bond donors (Lipinski definition) is 0. The Morgan fingerprint density at radius 2 is 1.29 bits per heavy atom. The number of benzene rings is 3. The minimum absolute atomic E-state index is 0.0238. The first kappa shape index (κ1) is 27.0. The van der Waals surface area contributed by atoms with Crippen LogP contribution in [0.5, 0.6) is 11.5 Å². The minimum atomic E-state index is -0.322. The summed E-state index contributed by atoms with van der Waals surface area (Å²) >= 11 is 0. The van der Waals surface area contributed by atoms with Gasteiger partial charge in [-0.25, -0.2) is 4.79 Å². The molecule has 2 amide bonds. The highest BCUT2D eigenvalue weighted by Gasteiger charge is 2.25. The lowest BCUT2D eigenvalue weighted by molar-refractivity contribution is -0.134. The van der Waals surface area contributed by atoms with Gasteiger partial charge in [0.1, 0.15) is 18.1 Å². The Balaban J connectivity index is 1.35. The lowest BCUT2D eigenvalue weighted by atomic mass is 10.1. The third-order valence-corrected chi connectivity index (χ3v) is 6.56. The third kappa shape index (κ3) is 7.73. The molecular formula is C30H35N3O5. The molecule has 0 aliphatic carbocycles. The number of amides is 2. The lowest BCUT2D eigenvalue weighted by Gasteiger charge is -2.35. The SMILES string of the molecule is COc1cccc(CN(Cc2cccc(OC)c2)C(=O)CN2CCN(C(=O)OCc3ccccc3)CC2)c1. The van der Waals surface area contributed by atoms with Crippen molar-refractivity contribution in [2.24, 2.45) is 0 Å². The second-order valence-corrected chi connectivity index (χ2v) is 9.26. The van der Waals surface area contributed by atoms with E-state index in [9.17, 15) is 9.59 Å². The van der Waals surface area contributed by atoms with Gasteiger partial charge in [0, 0.05) is 39.3 Å². The van der Waals surface area contributed by atoms with Crippen molar-refractivity contribution >= 4 is 12.0 Å². The number of ether oxygens (including phenoxy) is 3. The van der Waals surface area contributed by atoms with E-state index in [1.807, 2.05) is 83.8 Å².